The minimum Gasteiger partial charge on any atom is -0.393 e. The van der Waals surface area contributed by atoms with Gasteiger partial charge in [0, 0.05) is 5.92 Å². The van der Waals surface area contributed by atoms with E-state index in [1.165, 1.54) is 12.8 Å². The molecule has 0 aromatic heterocycles. The molecule has 1 heteroatoms. The average molecular weight is 166 g/mol. The van der Waals surface area contributed by atoms with Gasteiger partial charge in [-0.2, -0.15) is 0 Å². The summed E-state index contributed by atoms with van der Waals surface area (Å²) in [5.74, 6) is 0.371. The van der Waals surface area contributed by atoms with E-state index >= 15 is 0 Å². The minimum atomic E-state index is -0.116. The summed E-state index contributed by atoms with van der Waals surface area (Å²) < 4.78 is 0. The van der Waals surface area contributed by atoms with Gasteiger partial charge in [0.2, 0.25) is 0 Å². The van der Waals surface area contributed by atoms with Crippen molar-refractivity contribution in [1.82, 2.24) is 0 Å². The van der Waals surface area contributed by atoms with E-state index < -0.39 is 0 Å². The van der Waals surface area contributed by atoms with Crippen molar-refractivity contribution >= 4 is 0 Å². The molecule has 1 aliphatic rings. The molecular weight excluding hydrogens is 148 g/mol. The molecule has 0 saturated heterocycles. The smallest absolute Gasteiger partial charge is 0.0602 e. The first-order valence-corrected chi connectivity index (χ1v) is 4.72. The van der Waals surface area contributed by atoms with Crippen LogP contribution in [0.3, 0.4) is 0 Å². The van der Waals surface area contributed by atoms with Gasteiger partial charge >= 0.3 is 0 Å². The molecule has 1 aliphatic carbocycles. The fourth-order valence-electron chi connectivity index (χ4n) is 1.65. The lowest BCUT2D eigenvalue weighted by atomic mass is 9.86. The molecule has 12 heavy (non-hydrogen) atoms. The topological polar surface area (TPSA) is 20.2 Å². The van der Waals surface area contributed by atoms with Gasteiger partial charge in [-0.1, -0.05) is 37.1 Å². The highest BCUT2D eigenvalue weighted by Gasteiger charge is 2.19. The molecule has 0 spiro atoms. The second-order valence-corrected chi connectivity index (χ2v) is 3.72. The van der Waals surface area contributed by atoms with Crippen LogP contribution in [0.25, 0.3) is 0 Å². The molecule has 0 unspecified atom stereocenters. The number of aliphatic hydroxyl groups is 1. The molecule has 0 amide bonds. The van der Waals surface area contributed by atoms with Crippen LogP contribution in [0.5, 0.6) is 0 Å². The summed E-state index contributed by atoms with van der Waals surface area (Å²) >= 11 is 0. The zero-order chi connectivity index (χ0) is 8.97. The van der Waals surface area contributed by atoms with Crippen molar-refractivity contribution in [3.63, 3.8) is 0 Å². The first-order chi connectivity index (χ1) is 5.70. The summed E-state index contributed by atoms with van der Waals surface area (Å²) in [6.07, 6.45) is 8.52. The molecule has 1 fully saturated rings. The molecule has 0 aliphatic heterocycles. The fraction of sp³-hybridized carbons (Fsp3) is 0.636. The van der Waals surface area contributed by atoms with E-state index in [2.05, 4.69) is 12.7 Å². The van der Waals surface area contributed by atoms with E-state index in [1.54, 1.807) is 0 Å². The second kappa shape index (κ2) is 4.46. The Bertz CT molecular complexity index is 181. The van der Waals surface area contributed by atoms with Crippen LogP contribution in [0.1, 0.15) is 32.6 Å². The van der Waals surface area contributed by atoms with Crippen molar-refractivity contribution < 1.29 is 5.11 Å². The Morgan fingerprint density at radius 2 is 2.08 bits per heavy atom. The van der Waals surface area contributed by atoms with Crippen LogP contribution in [0.4, 0.5) is 0 Å². The summed E-state index contributed by atoms with van der Waals surface area (Å²) in [5, 5.41) is 9.60. The maximum absolute atomic E-state index is 9.60. The van der Waals surface area contributed by atoms with Crippen LogP contribution in [-0.4, -0.2) is 11.2 Å². The lowest BCUT2D eigenvalue weighted by molar-refractivity contribution is 0.0927. The van der Waals surface area contributed by atoms with Crippen LogP contribution in [0.15, 0.2) is 24.3 Å². The average Bonchev–Trinajstić information content (AvgIpc) is 2.03. The van der Waals surface area contributed by atoms with Gasteiger partial charge in [-0.05, 0) is 19.8 Å². The third kappa shape index (κ3) is 2.82. The highest BCUT2D eigenvalue weighted by molar-refractivity contribution is 5.12. The Balaban J connectivity index is 2.43. The third-order valence-corrected chi connectivity index (χ3v) is 2.41. The first kappa shape index (κ1) is 9.53. The largest absolute Gasteiger partial charge is 0.393 e. The molecule has 1 N–H and O–H groups in total. The van der Waals surface area contributed by atoms with E-state index in [0.29, 0.717) is 5.92 Å². The third-order valence-electron chi connectivity index (χ3n) is 2.41. The van der Waals surface area contributed by atoms with Gasteiger partial charge in [-0.3, -0.25) is 0 Å². The van der Waals surface area contributed by atoms with Crippen molar-refractivity contribution in [3.05, 3.63) is 24.3 Å². The minimum absolute atomic E-state index is 0.116. The van der Waals surface area contributed by atoms with Crippen LogP contribution in [0, 0.1) is 5.92 Å². The molecule has 1 nitrogen and oxygen atoms in total. The molecule has 2 atom stereocenters. The van der Waals surface area contributed by atoms with E-state index in [4.69, 9.17) is 0 Å². The predicted molar refractivity (Wildman–Crippen MR) is 51.9 cm³/mol. The van der Waals surface area contributed by atoms with Crippen molar-refractivity contribution in [1.29, 1.82) is 0 Å². The highest BCUT2D eigenvalue weighted by atomic mass is 16.3. The van der Waals surface area contributed by atoms with Crippen molar-refractivity contribution in [2.75, 3.05) is 0 Å². The summed E-state index contributed by atoms with van der Waals surface area (Å²) in [5.41, 5.74) is 1.06. The maximum atomic E-state index is 9.60. The lowest BCUT2D eigenvalue weighted by Gasteiger charge is -2.24. The van der Waals surface area contributed by atoms with E-state index in [0.717, 1.165) is 18.4 Å². The zero-order valence-electron chi connectivity index (χ0n) is 7.79. The van der Waals surface area contributed by atoms with E-state index in [-0.39, 0.29) is 6.10 Å². The Labute approximate surface area is 74.8 Å². The normalized spacial score (nSPS) is 30.8. The molecule has 0 aromatic carbocycles. The second-order valence-electron chi connectivity index (χ2n) is 3.72. The van der Waals surface area contributed by atoms with Gasteiger partial charge < -0.3 is 5.11 Å². The molecule has 0 bridgehead atoms. The molecule has 0 heterocycles. The molecule has 0 aromatic rings. The van der Waals surface area contributed by atoms with Crippen molar-refractivity contribution in [2.45, 2.75) is 38.7 Å². The summed E-state index contributed by atoms with van der Waals surface area (Å²) in [6, 6.07) is 0. The predicted octanol–water partition coefficient (Wildman–Crippen LogP) is 2.67. The number of aliphatic hydroxyl groups excluding tert-OH is 1. The van der Waals surface area contributed by atoms with Crippen LogP contribution in [-0.2, 0) is 0 Å². The zero-order valence-corrected chi connectivity index (χ0v) is 7.79. The Kier molecular flexibility index (Phi) is 3.54. The van der Waals surface area contributed by atoms with Gasteiger partial charge in [-0.15, -0.1) is 0 Å². The lowest BCUT2D eigenvalue weighted by Crippen LogP contribution is -2.22. The fourth-order valence-corrected chi connectivity index (χ4v) is 1.65. The maximum Gasteiger partial charge on any atom is 0.0602 e. The number of allylic oxidation sites excluding steroid dienone is 2. The van der Waals surface area contributed by atoms with Crippen molar-refractivity contribution in [3.8, 4) is 0 Å². The van der Waals surface area contributed by atoms with Gasteiger partial charge in [-0.25, -0.2) is 0 Å². The molecule has 68 valence electrons. The van der Waals surface area contributed by atoms with Crippen LogP contribution < -0.4 is 0 Å². The van der Waals surface area contributed by atoms with E-state index in [9.17, 15) is 5.11 Å². The standard InChI is InChI=1S/C11H18O/c1-9(2)7-8-10-5-3-4-6-11(10)12/h7-8,10-12H,1,3-6H2,2H3/b8-7+/t10-,11-/m1/s1. The summed E-state index contributed by atoms with van der Waals surface area (Å²) in [4.78, 5) is 0. The summed E-state index contributed by atoms with van der Waals surface area (Å²) in [7, 11) is 0. The van der Waals surface area contributed by atoms with Gasteiger partial charge in [0.25, 0.3) is 0 Å². The number of rotatable bonds is 2. The highest BCUT2D eigenvalue weighted by Crippen LogP contribution is 2.25. The number of hydrogen-bond acceptors (Lipinski definition) is 1. The molecule has 0 radical (unpaired) electrons. The summed E-state index contributed by atoms with van der Waals surface area (Å²) in [6.45, 7) is 5.77. The van der Waals surface area contributed by atoms with Crippen LogP contribution >= 0.6 is 0 Å². The SMILES string of the molecule is C=C(C)/C=C/[C@H]1CCCC[C@H]1O. The first-order valence-electron chi connectivity index (χ1n) is 4.72. The molecule has 1 saturated carbocycles. The Morgan fingerprint density at radius 1 is 1.42 bits per heavy atom. The Hall–Kier alpha value is -0.560. The van der Waals surface area contributed by atoms with Crippen LogP contribution in [0.2, 0.25) is 0 Å². The van der Waals surface area contributed by atoms with E-state index in [1.807, 2.05) is 13.0 Å². The monoisotopic (exact) mass is 166 g/mol. The molecule has 1 rings (SSSR count). The van der Waals surface area contributed by atoms with Gasteiger partial charge in [0.05, 0.1) is 6.10 Å². The Morgan fingerprint density at radius 3 is 2.67 bits per heavy atom. The number of hydrogen-bond donors (Lipinski definition) is 1. The van der Waals surface area contributed by atoms with Gasteiger partial charge in [0.1, 0.15) is 0 Å². The molecular formula is C11H18O. The quantitative estimate of drug-likeness (QED) is 0.625. The van der Waals surface area contributed by atoms with Crippen molar-refractivity contribution in [2.24, 2.45) is 5.92 Å². The van der Waals surface area contributed by atoms with Gasteiger partial charge in [0.15, 0.2) is 0 Å².